The molecule has 1 aliphatic heterocycles. The highest BCUT2D eigenvalue weighted by Crippen LogP contribution is 2.29. The quantitative estimate of drug-likeness (QED) is 0.849. The number of benzene rings is 2. The minimum absolute atomic E-state index is 0.0413. The molecule has 144 valence electrons. The van der Waals surface area contributed by atoms with E-state index in [0.717, 1.165) is 37.4 Å². The van der Waals surface area contributed by atoms with E-state index in [0.29, 0.717) is 16.5 Å². The zero-order valence-corrected chi connectivity index (χ0v) is 16.8. The number of likely N-dealkylation sites (N-methyl/N-ethyl adjacent to an activating group) is 1. The summed E-state index contributed by atoms with van der Waals surface area (Å²) in [4.78, 5) is 16.8. The third-order valence-corrected chi connectivity index (χ3v) is 5.23. The summed E-state index contributed by atoms with van der Waals surface area (Å²) in [6, 6.07) is 11.4. The van der Waals surface area contributed by atoms with Crippen LogP contribution in [-0.2, 0) is 4.79 Å². The Hall–Kier alpha value is -2.24. The van der Waals surface area contributed by atoms with Gasteiger partial charge in [-0.25, -0.2) is 0 Å². The number of rotatable bonds is 5. The molecule has 1 amide bonds. The number of halogens is 1. The second kappa shape index (κ2) is 8.63. The minimum atomic E-state index is -0.211. The Labute approximate surface area is 165 Å². The van der Waals surface area contributed by atoms with E-state index >= 15 is 0 Å². The van der Waals surface area contributed by atoms with Crippen molar-refractivity contribution in [3.63, 3.8) is 0 Å². The van der Waals surface area contributed by atoms with Gasteiger partial charge in [0.25, 0.3) is 5.91 Å². The summed E-state index contributed by atoms with van der Waals surface area (Å²) in [6.07, 6.45) is 0. The molecule has 5 nitrogen and oxygen atoms in total. The Balaban J connectivity index is 1.56. The molecule has 1 saturated heterocycles. The maximum atomic E-state index is 12.2. The SMILES string of the molecule is Cc1ccc(OCC(=O)Nc2ccc(N3CCN(C)CC3)c(Cl)c2)cc1C. The number of amides is 1. The van der Waals surface area contributed by atoms with Gasteiger partial charge in [-0.05, 0) is 62.4 Å². The summed E-state index contributed by atoms with van der Waals surface area (Å²) in [6.45, 7) is 7.96. The monoisotopic (exact) mass is 387 g/mol. The summed E-state index contributed by atoms with van der Waals surface area (Å²) < 4.78 is 5.58. The third-order valence-electron chi connectivity index (χ3n) is 4.92. The van der Waals surface area contributed by atoms with E-state index in [2.05, 4.69) is 22.2 Å². The second-order valence-electron chi connectivity index (χ2n) is 7.04. The molecule has 2 aromatic carbocycles. The molecule has 0 aromatic heterocycles. The first-order valence-corrected chi connectivity index (χ1v) is 9.53. The molecule has 0 spiro atoms. The summed E-state index contributed by atoms with van der Waals surface area (Å²) >= 11 is 6.45. The molecule has 2 aromatic rings. The smallest absolute Gasteiger partial charge is 0.262 e. The van der Waals surface area contributed by atoms with Crippen LogP contribution >= 0.6 is 11.6 Å². The lowest BCUT2D eigenvalue weighted by Gasteiger charge is -2.34. The zero-order chi connectivity index (χ0) is 19.4. The van der Waals surface area contributed by atoms with Crippen LogP contribution in [0.1, 0.15) is 11.1 Å². The van der Waals surface area contributed by atoms with E-state index < -0.39 is 0 Å². The van der Waals surface area contributed by atoms with Gasteiger partial charge in [0.05, 0.1) is 10.7 Å². The number of nitrogens with one attached hydrogen (secondary N) is 1. The fraction of sp³-hybridized carbons (Fsp3) is 0.381. The van der Waals surface area contributed by atoms with Gasteiger partial charge in [0, 0.05) is 31.9 Å². The average molecular weight is 388 g/mol. The van der Waals surface area contributed by atoms with Gasteiger partial charge in [0.15, 0.2) is 6.61 Å². The Bertz CT molecular complexity index is 817. The molecule has 27 heavy (non-hydrogen) atoms. The topological polar surface area (TPSA) is 44.8 Å². The van der Waals surface area contributed by atoms with E-state index in [9.17, 15) is 4.79 Å². The van der Waals surface area contributed by atoms with Crippen LogP contribution < -0.4 is 15.0 Å². The number of carbonyl (C=O) groups excluding carboxylic acids is 1. The van der Waals surface area contributed by atoms with Crippen molar-refractivity contribution in [1.29, 1.82) is 0 Å². The van der Waals surface area contributed by atoms with Crippen LogP contribution in [0.5, 0.6) is 5.75 Å². The van der Waals surface area contributed by atoms with Crippen molar-refractivity contribution in [2.45, 2.75) is 13.8 Å². The molecule has 0 unspecified atom stereocenters. The lowest BCUT2D eigenvalue weighted by atomic mass is 10.1. The zero-order valence-electron chi connectivity index (χ0n) is 16.1. The summed E-state index contributed by atoms with van der Waals surface area (Å²) in [7, 11) is 2.12. The molecule has 0 radical (unpaired) electrons. The Morgan fingerprint density at radius 2 is 1.81 bits per heavy atom. The van der Waals surface area contributed by atoms with Crippen molar-refractivity contribution in [1.82, 2.24) is 4.90 Å². The highest BCUT2D eigenvalue weighted by atomic mass is 35.5. The molecule has 1 aliphatic rings. The number of aryl methyl sites for hydroxylation is 2. The van der Waals surface area contributed by atoms with Crippen molar-refractivity contribution in [3.8, 4) is 5.75 Å². The van der Waals surface area contributed by atoms with E-state index in [-0.39, 0.29) is 12.5 Å². The number of hydrogen-bond donors (Lipinski definition) is 1. The molecule has 1 N–H and O–H groups in total. The van der Waals surface area contributed by atoms with Gasteiger partial charge >= 0.3 is 0 Å². The number of piperazine rings is 1. The van der Waals surface area contributed by atoms with Crippen LogP contribution in [0.15, 0.2) is 36.4 Å². The highest BCUT2D eigenvalue weighted by molar-refractivity contribution is 6.33. The standard InChI is InChI=1S/C21H26ClN3O2/c1-15-4-6-18(12-16(15)2)27-14-21(26)23-17-5-7-20(19(22)13-17)25-10-8-24(3)9-11-25/h4-7,12-13H,8-11,14H2,1-3H3,(H,23,26). The molecule has 6 heteroatoms. The molecule has 0 atom stereocenters. The lowest BCUT2D eigenvalue weighted by Crippen LogP contribution is -2.44. The lowest BCUT2D eigenvalue weighted by molar-refractivity contribution is -0.118. The van der Waals surface area contributed by atoms with Gasteiger partial charge in [0.2, 0.25) is 0 Å². The van der Waals surface area contributed by atoms with Crippen molar-refractivity contribution in [3.05, 3.63) is 52.5 Å². The number of hydrogen-bond acceptors (Lipinski definition) is 4. The van der Waals surface area contributed by atoms with Crippen LogP contribution in [0.3, 0.4) is 0 Å². The van der Waals surface area contributed by atoms with Crippen molar-refractivity contribution in [2.75, 3.05) is 50.1 Å². The van der Waals surface area contributed by atoms with Gasteiger partial charge in [-0.1, -0.05) is 17.7 Å². The summed E-state index contributed by atoms with van der Waals surface area (Å²) in [5, 5.41) is 3.49. The maximum absolute atomic E-state index is 12.2. The first-order valence-electron chi connectivity index (χ1n) is 9.15. The second-order valence-corrected chi connectivity index (χ2v) is 7.45. The Morgan fingerprint density at radius 3 is 2.48 bits per heavy atom. The molecule has 0 aliphatic carbocycles. The number of nitrogens with zero attached hydrogens (tertiary/aromatic N) is 2. The molecular formula is C21H26ClN3O2. The van der Waals surface area contributed by atoms with Crippen LogP contribution in [0.2, 0.25) is 5.02 Å². The van der Waals surface area contributed by atoms with Crippen molar-refractivity contribution in [2.24, 2.45) is 0 Å². The van der Waals surface area contributed by atoms with Crippen molar-refractivity contribution < 1.29 is 9.53 Å². The fourth-order valence-corrected chi connectivity index (χ4v) is 3.34. The van der Waals surface area contributed by atoms with Crippen LogP contribution in [0, 0.1) is 13.8 Å². The number of ether oxygens (including phenoxy) is 1. The number of carbonyl (C=O) groups is 1. The fourth-order valence-electron chi connectivity index (χ4n) is 3.04. The maximum Gasteiger partial charge on any atom is 0.262 e. The van der Waals surface area contributed by atoms with E-state index in [4.69, 9.17) is 16.3 Å². The summed E-state index contributed by atoms with van der Waals surface area (Å²) in [5.41, 5.74) is 4.02. The normalized spacial score (nSPS) is 14.9. The average Bonchev–Trinajstić information content (AvgIpc) is 2.64. The van der Waals surface area contributed by atoms with Gasteiger partial charge in [-0.2, -0.15) is 0 Å². The van der Waals surface area contributed by atoms with Gasteiger partial charge in [-0.3, -0.25) is 4.79 Å². The predicted octanol–water partition coefficient (Wildman–Crippen LogP) is 3.73. The van der Waals surface area contributed by atoms with Crippen LogP contribution in [-0.4, -0.2) is 50.6 Å². The first kappa shape index (κ1) is 19.5. The molecule has 1 fully saturated rings. The Morgan fingerprint density at radius 1 is 1.07 bits per heavy atom. The van der Waals surface area contributed by atoms with Crippen LogP contribution in [0.4, 0.5) is 11.4 Å². The third kappa shape index (κ3) is 5.15. The predicted molar refractivity (Wildman–Crippen MR) is 111 cm³/mol. The molecule has 0 bridgehead atoms. The molecule has 0 saturated carbocycles. The summed E-state index contributed by atoms with van der Waals surface area (Å²) in [5.74, 6) is 0.480. The van der Waals surface area contributed by atoms with Crippen molar-refractivity contribution >= 4 is 28.9 Å². The minimum Gasteiger partial charge on any atom is -0.484 e. The molecule has 3 rings (SSSR count). The van der Waals surface area contributed by atoms with E-state index in [1.165, 1.54) is 5.56 Å². The van der Waals surface area contributed by atoms with Gasteiger partial charge in [-0.15, -0.1) is 0 Å². The van der Waals surface area contributed by atoms with Gasteiger partial charge in [0.1, 0.15) is 5.75 Å². The van der Waals surface area contributed by atoms with Gasteiger partial charge < -0.3 is 19.9 Å². The Kier molecular flexibility index (Phi) is 6.24. The molecular weight excluding hydrogens is 362 g/mol. The van der Waals surface area contributed by atoms with E-state index in [1.807, 2.05) is 44.2 Å². The van der Waals surface area contributed by atoms with Crippen LogP contribution in [0.25, 0.3) is 0 Å². The first-order chi connectivity index (χ1) is 12.9. The van der Waals surface area contributed by atoms with E-state index in [1.54, 1.807) is 6.07 Å². The highest BCUT2D eigenvalue weighted by Gasteiger charge is 2.17. The molecule has 1 heterocycles. The number of anilines is 2. The largest absolute Gasteiger partial charge is 0.484 e.